The molecule has 3 aromatic rings. The lowest BCUT2D eigenvalue weighted by Crippen LogP contribution is -2.44. The Morgan fingerprint density at radius 2 is 1.84 bits per heavy atom. The highest BCUT2D eigenvalue weighted by Gasteiger charge is 2.27. The number of benzene rings is 2. The molecule has 2 N–H and O–H groups in total. The van der Waals surface area contributed by atoms with Gasteiger partial charge in [0.05, 0.1) is 37.5 Å². The van der Waals surface area contributed by atoms with Crippen LogP contribution in [0.1, 0.15) is 42.4 Å². The van der Waals surface area contributed by atoms with E-state index in [1.165, 1.54) is 19.2 Å². The first-order chi connectivity index (χ1) is 17.8. The molecule has 1 heterocycles. The molecule has 0 saturated heterocycles. The number of halogens is 1. The predicted octanol–water partition coefficient (Wildman–Crippen LogP) is 3.46. The summed E-state index contributed by atoms with van der Waals surface area (Å²) in [6.07, 6.45) is 2.63. The number of hydrogen-bond donors (Lipinski definition) is 2. The average molecular weight is 550 g/mol. The van der Waals surface area contributed by atoms with Crippen LogP contribution in [-0.4, -0.2) is 48.8 Å². The van der Waals surface area contributed by atoms with E-state index in [1.54, 1.807) is 12.1 Å². The largest absolute Gasteiger partial charge is 0.468 e. The number of carbonyl (C=O) groups is 1. The first kappa shape index (κ1) is 28.8. The van der Waals surface area contributed by atoms with Gasteiger partial charge >= 0.3 is 5.97 Å². The van der Waals surface area contributed by atoms with Crippen molar-refractivity contribution in [3.63, 3.8) is 0 Å². The van der Waals surface area contributed by atoms with Gasteiger partial charge in [0.2, 0.25) is 10.0 Å². The average Bonchev–Trinajstić information content (AvgIpc) is 3.20. The lowest BCUT2D eigenvalue weighted by molar-refractivity contribution is -0.144. The van der Waals surface area contributed by atoms with E-state index in [0.29, 0.717) is 18.7 Å². The fourth-order valence-electron chi connectivity index (χ4n) is 3.74. The van der Waals surface area contributed by atoms with E-state index in [4.69, 9.17) is 21.1 Å². The van der Waals surface area contributed by atoms with E-state index in [2.05, 4.69) is 16.6 Å². The molecule has 0 spiro atoms. The standard InChI is InChI=1S/C26H32ClN3O6S/c1-3-4-10-24-28-25(27)23(16-31)30(24)15-19-11-13-21(14-12-19)37(33,34)29-22(26(32)35-2)18-36-17-20-8-6-5-7-9-20/h5-9,11-14,22,29,31H,3-4,10,15-18H2,1-2H3. The number of ether oxygens (including phenoxy) is 2. The summed E-state index contributed by atoms with van der Waals surface area (Å²) >= 11 is 6.21. The van der Waals surface area contributed by atoms with E-state index in [0.717, 1.165) is 29.8 Å². The molecule has 0 saturated carbocycles. The number of aliphatic hydroxyl groups is 1. The number of imidazole rings is 1. The van der Waals surface area contributed by atoms with Crippen molar-refractivity contribution < 1.29 is 27.8 Å². The molecule has 2 aromatic carbocycles. The molecule has 0 aliphatic carbocycles. The van der Waals surface area contributed by atoms with Gasteiger partial charge in [-0.1, -0.05) is 67.4 Å². The van der Waals surface area contributed by atoms with Crippen molar-refractivity contribution in [3.8, 4) is 0 Å². The van der Waals surface area contributed by atoms with Gasteiger partial charge in [0, 0.05) is 13.0 Å². The molecule has 200 valence electrons. The van der Waals surface area contributed by atoms with Crippen LogP contribution in [-0.2, 0) is 50.5 Å². The van der Waals surface area contributed by atoms with Gasteiger partial charge < -0.3 is 19.1 Å². The van der Waals surface area contributed by atoms with E-state index >= 15 is 0 Å². The number of aryl methyl sites for hydroxylation is 1. The first-order valence-corrected chi connectivity index (χ1v) is 13.8. The number of aromatic nitrogens is 2. The van der Waals surface area contributed by atoms with Crippen molar-refractivity contribution in [2.24, 2.45) is 0 Å². The Bertz CT molecular complexity index is 1260. The quantitative estimate of drug-likeness (QED) is 0.295. The minimum atomic E-state index is -4.04. The van der Waals surface area contributed by atoms with Crippen LogP contribution in [0.4, 0.5) is 0 Å². The number of nitrogens with zero attached hydrogens (tertiary/aromatic N) is 2. The molecule has 0 amide bonds. The van der Waals surface area contributed by atoms with Crippen LogP contribution in [0.5, 0.6) is 0 Å². The van der Waals surface area contributed by atoms with Gasteiger partial charge in [-0.05, 0) is 29.7 Å². The molecule has 0 aliphatic heterocycles. The van der Waals surface area contributed by atoms with Crippen molar-refractivity contribution in [2.45, 2.75) is 56.9 Å². The maximum Gasteiger partial charge on any atom is 0.326 e. The summed E-state index contributed by atoms with van der Waals surface area (Å²) in [6.45, 7) is 2.23. The molecule has 9 nitrogen and oxygen atoms in total. The van der Waals surface area contributed by atoms with Crippen LogP contribution in [0.15, 0.2) is 59.5 Å². The Morgan fingerprint density at radius 3 is 2.46 bits per heavy atom. The van der Waals surface area contributed by atoms with Crippen LogP contribution in [0, 0.1) is 0 Å². The van der Waals surface area contributed by atoms with Gasteiger partial charge in [-0.15, -0.1) is 0 Å². The number of aliphatic hydroxyl groups excluding tert-OH is 1. The van der Waals surface area contributed by atoms with Crippen molar-refractivity contribution in [2.75, 3.05) is 13.7 Å². The Morgan fingerprint density at radius 1 is 1.14 bits per heavy atom. The SMILES string of the molecule is CCCCc1nc(Cl)c(CO)n1Cc1ccc(S(=O)(=O)NC(COCc2ccccc2)C(=O)OC)cc1. The molecule has 0 bridgehead atoms. The third-order valence-corrected chi connectivity index (χ3v) is 7.55. The first-order valence-electron chi connectivity index (χ1n) is 11.9. The second-order valence-electron chi connectivity index (χ2n) is 8.46. The summed E-state index contributed by atoms with van der Waals surface area (Å²) in [7, 11) is -2.85. The molecule has 3 rings (SSSR count). The lowest BCUT2D eigenvalue weighted by atomic mass is 10.2. The molecular weight excluding hydrogens is 518 g/mol. The number of nitrogens with one attached hydrogen (secondary N) is 1. The van der Waals surface area contributed by atoms with Crippen molar-refractivity contribution >= 4 is 27.6 Å². The number of hydrogen-bond acceptors (Lipinski definition) is 7. The summed E-state index contributed by atoms with van der Waals surface area (Å²) in [5.74, 6) is 0.0204. The third kappa shape index (κ3) is 7.86. The minimum Gasteiger partial charge on any atom is -0.468 e. The molecule has 0 aliphatic rings. The normalized spacial score (nSPS) is 12.4. The van der Waals surface area contributed by atoms with Crippen LogP contribution in [0.25, 0.3) is 0 Å². The Balaban J connectivity index is 1.71. The highest BCUT2D eigenvalue weighted by molar-refractivity contribution is 7.89. The monoisotopic (exact) mass is 549 g/mol. The zero-order valence-corrected chi connectivity index (χ0v) is 22.5. The number of rotatable bonds is 14. The van der Waals surface area contributed by atoms with E-state index in [1.807, 2.05) is 34.9 Å². The van der Waals surface area contributed by atoms with Crippen molar-refractivity contribution in [3.05, 3.63) is 82.4 Å². The van der Waals surface area contributed by atoms with Crippen LogP contribution in [0.2, 0.25) is 5.15 Å². The molecule has 11 heteroatoms. The molecule has 1 atom stereocenters. The smallest absolute Gasteiger partial charge is 0.326 e. The maximum absolute atomic E-state index is 13.0. The van der Waals surface area contributed by atoms with E-state index < -0.39 is 22.0 Å². The van der Waals surface area contributed by atoms with E-state index in [-0.39, 0.29) is 29.9 Å². The third-order valence-electron chi connectivity index (χ3n) is 5.76. The Labute approximate surface area is 222 Å². The summed E-state index contributed by atoms with van der Waals surface area (Å²) in [6, 6.07) is 14.4. The topological polar surface area (TPSA) is 120 Å². The van der Waals surface area contributed by atoms with Gasteiger partial charge in [-0.3, -0.25) is 4.79 Å². The number of unbranched alkanes of at least 4 members (excludes halogenated alkanes) is 1. The van der Waals surface area contributed by atoms with Gasteiger partial charge in [0.25, 0.3) is 0 Å². The van der Waals surface area contributed by atoms with Crippen LogP contribution >= 0.6 is 11.6 Å². The van der Waals surface area contributed by atoms with Crippen LogP contribution < -0.4 is 4.72 Å². The highest BCUT2D eigenvalue weighted by Crippen LogP contribution is 2.21. The molecule has 1 unspecified atom stereocenters. The zero-order chi connectivity index (χ0) is 26.8. The fraction of sp³-hybridized carbons (Fsp3) is 0.385. The molecule has 37 heavy (non-hydrogen) atoms. The second kappa shape index (κ2) is 13.7. The summed E-state index contributed by atoms with van der Waals surface area (Å²) < 4.78 is 40.6. The van der Waals surface area contributed by atoms with Gasteiger partial charge in [0.15, 0.2) is 5.15 Å². The Kier molecular flexibility index (Phi) is 10.7. The van der Waals surface area contributed by atoms with Gasteiger partial charge in [0.1, 0.15) is 11.9 Å². The number of methoxy groups -OCH3 is 1. The van der Waals surface area contributed by atoms with Crippen molar-refractivity contribution in [1.29, 1.82) is 0 Å². The van der Waals surface area contributed by atoms with Gasteiger partial charge in [-0.2, -0.15) is 4.72 Å². The van der Waals surface area contributed by atoms with Crippen molar-refractivity contribution in [1.82, 2.24) is 14.3 Å². The minimum absolute atomic E-state index is 0.00883. The summed E-state index contributed by atoms with van der Waals surface area (Å²) in [5, 5.41) is 10.0. The predicted molar refractivity (Wildman–Crippen MR) is 140 cm³/mol. The fourth-order valence-corrected chi connectivity index (χ4v) is 5.17. The summed E-state index contributed by atoms with van der Waals surface area (Å²) in [4.78, 5) is 16.6. The highest BCUT2D eigenvalue weighted by atomic mass is 35.5. The molecule has 0 fully saturated rings. The van der Waals surface area contributed by atoms with Gasteiger partial charge in [-0.25, -0.2) is 13.4 Å². The lowest BCUT2D eigenvalue weighted by Gasteiger charge is -2.17. The number of sulfonamides is 1. The van der Waals surface area contributed by atoms with Crippen LogP contribution in [0.3, 0.4) is 0 Å². The zero-order valence-electron chi connectivity index (χ0n) is 20.9. The molecular formula is C26H32ClN3O6S. The maximum atomic E-state index is 13.0. The summed E-state index contributed by atoms with van der Waals surface area (Å²) in [5.41, 5.74) is 2.21. The second-order valence-corrected chi connectivity index (χ2v) is 10.5. The molecule has 1 aromatic heterocycles. The number of carbonyl (C=O) groups excluding carboxylic acids is 1. The molecule has 0 radical (unpaired) electrons. The number of esters is 1. The Hall–Kier alpha value is -2.76. The van der Waals surface area contributed by atoms with E-state index in [9.17, 15) is 18.3 Å².